The van der Waals surface area contributed by atoms with Gasteiger partial charge in [-0.1, -0.05) is 54.2 Å². The first-order valence-corrected chi connectivity index (χ1v) is 10.3. The summed E-state index contributed by atoms with van der Waals surface area (Å²) in [6, 6.07) is 15.7. The van der Waals surface area contributed by atoms with Gasteiger partial charge in [-0.05, 0) is 43.2 Å². The Morgan fingerprint density at radius 1 is 1.07 bits per heavy atom. The van der Waals surface area contributed by atoms with E-state index in [-0.39, 0.29) is 24.3 Å². The van der Waals surface area contributed by atoms with E-state index in [0.29, 0.717) is 5.16 Å². The van der Waals surface area contributed by atoms with Crippen molar-refractivity contribution in [1.29, 1.82) is 0 Å². The Morgan fingerprint density at radius 3 is 2.52 bits per heavy atom. The van der Waals surface area contributed by atoms with Gasteiger partial charge in [0.05, 0.1) is 11.8 Å². The molecule has 0 aliphatic carbocycles. The van der Waals surface area contributed by atoms with Gasteiger partial charge in [0.25, 0.3) is 5.91 Å². The minimum atomic E-state index is -0.481. The summed E-state index contributed by atoms with van der Waals surface area (Å²) in [7, 11) is 0. The van der Waals surface area contributed by atoms with Crippen LogP contribution in [0.3, 0.4) is 0 Å². The zero-order valence-electron chi connectivity index (χ0n) is 16.6. The third-order valence-corrected chi connectivity index (χ3v) is 5.13. The number of benzene rings is 2. The molecule has 3 rings (SSSR count). The van der Waals surface area contributed by atoms with Crippen molar-refractivity contribution >= 4 is 34.4 Å². The van der Waals surface area contributed by atoms with E-state index in [9.17, 15) is 9.59 Å². The number of aromatic nitrogens is 2. The average molecular weight is 410 g/mol. The summed E-state index contributed by atoms with van der Waals surface area (Å²) in [4.78, 5) is 32.7. The molecule has 2 aromatic carbocycles. The van der Waals surface area contributed by atoms with Crippen LogP contribution in [0, 0.1) is 13.8 Å². The van der Waals surface area contributed by atoms with Crippen molar-refractivity contribution in [2.24, 2.45) is 0 Å². The highest BCUT2D eigenvalue weighted by molar-refractivity contribution is 7.99. The Bertz CT molecular complexity index is 1010. The fourth-order valence-corrected chi connectivity index (χ4v) is 3.81. The number of rotatable bonds is 7. The van der Waals surface area contributed by atoms with Gasteiger partial charge in [0, 0.05) is 11.4 Å². The van der Waals surface area contributed by atoms with E-state index in [1.165, 1.54) is 11.8 Å². The smallest absolute Gasteiger partial charge is 0.316 e. The minimum Gasteiger partial charge on any atom is -0.455 e. The van der Waals surface area contributed by atoms with Gasteiger partial charge >= 0.3 is 5.97 Å². The fourth-order valence-electron chi connectivity index (χ4n) is 3.06. The molecule has 150 valence electrons. The second kappa shape index (κ2) is 9.52. The van der Waals surface area contributed by atoms with Crippen LogP contribution in [-0.4, -0.2) is 34.2 Å². The first kappa shape index (κ1) is 20.8. The third kappa shape index (κ3) is 5.77. The molecule has 0 aliphatic heterocycles. The van der Waals surface area contributed by atoms with Gasteiger partial charge in [-0.15, -0.1) is 0 Å². The monoisotopic (exact) mass is 409 g/mol. The lowest BCUT2D eigenvalue weighted by atomic mass is 10.00. The zero-order chi connectivity index (χ0) is 20.8. The number of thioether (sulfide) groups is 1. The third-order valence-electron chi connectivity index (χ3n) is 4.31. The number of carbonyl (C=O) groups excluding carboxylic acids is 2. The molecule has 0 radical (unpaired) electrons. The predicted molar refractivity (Wildman–Crippen MR) is 114 cm³/mol. The van der Waals surface area contributed by atoms with Crippen LogP contribution in [0.1, 0.15) is 29.9 Å². The Hall–Kier alpha value is -2.93. The van der Waals surface area contributed by atoms with Crippen LogP contribution >= 0.6 is 11.8 Å². The number of fused-ring (bicyclic) bond motifs is 1. The molecular weight excluding hydrogens is 386 g/mol. The number of nitrogens with one attached hydrogen (secondary N) is 1. The summed E-state index contributed by atoms with van der Waals surface area (Å²) in [5.41, 5.74) is 2.70. The van der Waals surface area contributed by atoms with Gasteiger partial charge in [-0.2, -0.15) is 0 Å². The Morgan fingerprint density at radius 2 is 1.76 bits per heavy atom. The van der Waals surface area contributed by atoms with E-state index in [1.807, 2.05) is 69.3 Å². The lowest BCUT2D eigenvalue weighted by Gasteiger charge is -2.16. The summed E-state index contributed by atoms with van der Waals surface area (Å²) >= 11 is 1.19. The van der Waals surface area contributed by atoms with E-state index in [4.69, 9.17) is 4.74 Å². The number of amides is 1. The van der Waals surface area contributed by atoms with Gasteiger partial charge in [0.2, 0.25) is 0 Å². The van der Waals surface area contributed by atoms with Crippen molar-refractivity contribution < 1.29 is 14.3 Å². The molecule has 6 nitrogen and oxygen atoms in total. The molecule has 0 aliphatic rings. The molecule has 29 heavy (non-hydrogen) atoms. The van der Waals surface area contributed by atoms with Crippen LogP contribution in [0.4, 0.5) is 0 Å². The summed E-state index contributed by atoms with van der Waals surface area (Å²) in [6.07, 6.45) is 0. The maximum absolute atomic E-state index is 12.2. The van der Waals surface area contributed by atoms with Crippen molar-refractivity contribution in [3.05, 3.63) is 65.5 Å². The first-order chi connectivity index (χ1) is 13.9. The first-order valence-electron chi connectivity index (χ1n) is 9.30. The highest BCUT2D eigenvalue weighted by Gasteiger charge is 2.14. The second-order valence-electron chi connectivity index (χ2n) is 6.74. The Labute approximate surface area is 174 Å². The van der Waals surface area contributed by atoms with Crippen LogP contribution in [0.15, 0.2) is 53.7 Å². The van der Waals surface area contributed by atoms with Gasteiger partial charge in [-0.3, -0.25) is 9.59 Å². The van der Waals surface area contributed by atoms with Gasteiger partial charge in [0.15, 0.2) is 11.8 Å². The number of aryl methyl sites for hydroxylation is 2. The molecule has 0 fully saturated rings. The largest absolute Gasteiger partial charge is 0.455 e. The average Bonchev–Trinajstić information content (AvgIpc) is 2.69. The zero-order valence-corrected chi connectivity index (χ0v) is 17.5. The topological polar surface area (TPSA) is 81.2 Å². The summed E-state index contributed by atoms with van der Waals surface area (Å²) < 4.78 is 5.08. The van der Waals surface area contributed by atoms with Crippen LogP contribution in [0.25, 0.3) is 10.8 Å². The molecule has 0 spiro atoms. The molecule has 3 aromatic rings. The number of esters is 1. The van der Waals surface area contributed by atoms with E-state index >= 15 is 0 Å². The fraction of sp³-hybridized carbons (Fsp3) is 0.273. The van der Waals surface area contributed by atoms with Crippen molar-refractivity contribution in [3.8, 4) is 0 Å². The SMILES string of the molecule is Cc1cc(C)nc(SCC(=O)OCC(=O)NC(C)c2cccc3ccccc23)n1. The van der Waals surface area contributed by atoms with E-state index in [0.717, 1.165) is 27.7 Å². The standard InChI is InChI=1S/C22H23N3O3S/c1-14-11-15(2)24-22(23-14)29-13-21(27)28-12-20(26)25-16(3)18-10-6-8-17-7-4-5-9-19(17)18/h4-11,16H,12-13H2,1-3H3,(H,25,26). The summed E-state index contributed by atoms with van der Waals surface area (Å²) in [5, 5.41) is 5.61. The van der Waals surface area contributed by atoms with E-state index < -0.39 is 5.97 Å². The molecule has 1 aromatic heterocycles. The van der Waals surface area contributed by atoms with Crippen molar-refractivity contribution in [3.63, 3.8) is 0 Å². The van der Waals surface area contributed by atoms with E-state index in [1.54, 1.807) is 0 Å². The number of ether oxygens (including phenoxy) is 1. The molecule has 1 N–H and O–H groups in total. The Balaban J connectivity index is 1.49. The van der Waals surface area contributed by atoms with E-state index in [2.05, 4.69) is 15.3 Å². The molecule has 0 saturated carbocycles. The number of hydrogen-bond donors (Lipinski definition) is 1. The highest BCUT2D eigenvalue weighted by atomic mass is 32.2. The highest BCUT2D eigenvalue weighted by Crippen LogP contribution is 2.24. The summed E-state index contributed by atoms with van der Waals surface area (Å²) in [6.45, 7) is 5.34. The lowest BCUT2D eigenvalue weighted by Crippen LogP contribution is -2.31. The van der Waals surface area contributed by atoms with Gasteiger partial charge < -0.3 is 10.1 Å². The van der Waals surface area contributed by atoms with Crippen LogP contribution < -0.4 is 5.32 Å². The molecule has 7 heteroatoms. The van der Waals surface area contributed by atoms with Crippen LogP contribution in [0.5, 0.6) is 0 Å². The maximum Gasteiger partial charge on any atom is 0.316 e. The molecule has 1 atom stereocenters. The van der Waals surface area contributed by atoms with Crippen molar-refractivity contribution in [2.75, 3.05) is 12.4 Å². The molecule has 1 amide bonds. The van der Waals surface area contributed by atoms with Crippen LogP contribution in [0.2, 0.25) is 0 Å². The maximum atomic E-state index is 12.2. The number of carbonyl (C=O) groups is 2. The van der Waals surface area contributed by atoms with Gasteiger partial charge in [0.1, 0.15) is 0 Å². The molecule has 1 unspecified atom stereocenters. The Kier molecular flexibility index (Phi) is 6.82. The van der Waals surface area contributed by atoms with Crippen LogP contribution in [-0.2, 0) is 14.3 Å². The van der Waals surface area contributed by atoms with Gasteiger partial charge in [-0.25, -0.2) is 9.97 Å². The lowest BCUT2D eigenvalue weighted by molar-refractivity contribution is -0.146. The molecular formula is C22H23N3O3S. The molecule has 0 saturated heterocycles. The predicted octanol–water partition coefficient (Wildman–Crippen LogP) is 3.76. The number of nitrogens with zero attached hydrogens (tertiary/aromatic N) is 2. The number of hydrogen-bond acceptors (Lipinski definition) is 6. The minimum absolute atomic E-state index is 0.0506. The molecule has 0 bridgehead atoms. The quantitative estimate of drug-likeness (QED) is 0.364. The molecule has 1 heterocycles. The van der Waals surface area contributed by atoms with Crippen molar-refractivity contribution in [1.82, 2.24) is 15.3 Å². The van der Waals surface area contributed by atoms with Crippen molar-refractivity contribution in [2.45, 2.75) is 32.0 Å². The second-order valence-corrected chi connectivity index (χ2v) is 7.68. The summed E-state index contributed by atoms with van der Waals surface area (Å²) in [5.74, 6) is -0.771. The normalized spacial score (nSPS) is 11.8.